The molecule has 24 heavy (non-hydrogen) atoms. The lowest BCUT2D eigenvalue weighted by molar-refractivity contribution is 0.207. The molecule has 1 heterocycles. The third-order valence-electron chi connectivity index (χ3n) is 4.26. The molecular formula is C18H25N3O3. The number of aromatic nitrogens is 2. The van der Waals surface area contributed by atoms with Crippen LogP contribution >= 0.6 is 0 Å². The zero-order chi connectivity index (χ0) is 16.9. The van der Waals surface area contributed by atoms with Gasteiger partial charge in [0.05, 0.1) is 13.2 Å². The van der Waals surface area contributed by atoms with Crippen molar-refractivity contribution in [1.82, 2.24) is 10.1 Å². The summed E-state index contributed by atoms with van der Waals surface area (Å²) in [5, 5.41) is 7.14. The highest BCUT2D eigenvalue weighted by atomic mass is 16.5. The third kappa shape index (κ3) is 3.99. The molecule has 1 saturated carbocycles. The number of methoxy groups -OCH3 is 1. The van der Waals surface area contributed by atoms with E-state index in [2.05, 4.69) is 15.5 Å². The van der Waals surface area contributed by atoms with Crippen LogP contribution in [0.15, 0.2) is 22.7 Å². The molecule has 1 aromatic carbocycles. The number of nitrogens with one attached hydrogen (secondary N) is 1. The fourth-order valence-electron chi connectivity index (χ4n) is 2.82. The first kappa shape index (κ1) is 16.6. The first-order valence-corrected chi connectivity index (χ1v) is 8.56. The molecule has 130 valence electrons. The first-order valence-electron chi connectivity index (χ1n) is 8.56. The summed E-state index contributed by atoms with van der Waals surface area (Å²) in [5.74, 6) is 2.60. The minimum Gasteiger partial charge on any atom is -0.497 e. The predicted molar refractivity (Wildman–Crippen MR) is 91.6 cm³/mol. The van der Waals surface area contributed by atoms with Crippen molar-refractivity contribution in [3.05, 3.63) is 29.6 Å². The molecule has 1 aromatic heterocycles. The highest BCUT2D eigenvalue weighted by Crippen LogP contribution is 2.30. The maximum atomic E-state index is 6.19. The average Bonchev–Trinajstić information content (AvgIpc) is 3.25. The average molecular weight is 331 g/mol. The third-order valence-corrected chi connectivity index (χ3v) is 4.26. The van der Waals surface area contributed by atoms with Gasteiger partial charge in [-0.15, -0.1) is 0 Å². The zero-order valence-electron chi connectivity index (χ0n) is 14.5. The molecule has 6 nitrogen and oxygen atoms in total. The maximum Gasteiger partial charge on any atom is 0.321 e. The van der Waals surface area contributed by atoms with Gasteiger partial charge in [0.1, 0.15) is 11.5 Å². The van der Waals surface area contributed by atoms with Crippen LogP contribution in [-0.2, 0) is 6.54 Å². The molecule has 0 saturated heterocycles. The van der Waals surface area contributed by atoms with Gasteiger partial charge in [-0.3, -0.25) is 0 Å². The summed E-state index contributed by atoms with van der Waals surface area (Å²) in [4.78, 5) is 4.34. The lowest BCUT2D eigenvalue weighted by Gasteiger charge is -2.17. The highest BCUT2D eigenvalue weighted by molar-refractivity contribution is 5.42. The van der Waals surface area contributed by atoms with Crippen LogP contribution in [0, 0.1) is 0 Å². The highest BCUT2D eigenvalue weighted by Gasteiger charge is 2.19. The van der Waals surface area contributed by atoms with E-state index in [-0.39, 0.29) is 5.92 Å². The molecule has 0 bridgehead atoms. The van der Waals surface area contributed by atoms with E-state index in [1.807, 2.05) is 32.0 Å². The summed E-state index contributed by atoms with van der Waals surface area (Å²) >= 11 is 0. The van der Waals surface area contributed by atoms with E-state index in [0.717, 1.165) is 29.9 Å². The van der Waals surface area contributed by atoms with E-state index in [1.165, 1.54) is 12.8 Å². The van der Waals surface area contributed by atoms with Crippen LogP contribution in [0.2, 0.25) is 0 Å². The van der Waals surface area contributed by atoms with Gasteiger partial charge in [0.2, 0.25) is 0 Å². The Hall–Kier alpha value is -2.24. The van der Waals surface area contributed by atoms with E-state index < -0.39 is 0 Å². The lowest BCUT2D eigenvalue weighted by atomic mass is 10.2. The fraction of sp³-hybridized carbons (Fsp3) is 0.556. The number of nitrogens with zero attached hydrogens (tertiary/aromatic N) is 2. The Morgan fingerprint density at radius 1 is 1.29 bits per heavy atom. The second-order valence-corrected chi connectivity index (χ2v) is 6.46. The Bertz CT molecular complexity index is 663. The van der Waals surface area contributed by atoms with Crippen molar-refractivity contribution in [2.45, 2.75) is 58.1 Å². The zero-order valence-corrected chi connectivity index (χ0v) is 14.5. The van der Waals surface area contributed by atoms with Gasteiger partial charge in [0.15, 0.2) is 5.82 Å². The smallest absolute Gasteiger partial charge is 0.321 e. The van der Waals surface area contributed by atoms with Gasteiger partial charge < -0.3 is 19.3 Å². The van der Waals surface area contributed by atoms with Crippen molar-refractivity contribution in [2.24, 2.45) is 0 Å². The molecule has 0 unspecified atom stereocenters. The second-order valence-electron chi connectivity index (χ2n) is 6.46. The van der Waals surface area contributed by atoms with Crippen LogP contribution in [0.1, 0.15) is 56.8 Å². The van der Waals surface area contributed by atoms with Crippen molar-refractivity contribution >= 4 is 6.01 Å². The molecule has 0 spiro atoms. The quantitative estimate of drug-likeness (QED) is 0.822. The lowest BCUT2D eigenvalue weighted by Crippen LogP contribution is -2.13. The van der Waals surface area contributed by atoms with Gasteiger partial charge in [-0.2, -0.15) is 4.98 Å². The summed E-state index contributed by atoms with van der Waals surface area (Å²) in [7, 11) is 1.67. The molecule has 1 N–H and O–H groups in total. The van der Waals surface area contributed by atoms with Crippen LogP contribution in [0.3, 0.4) is 0 Å². The van der Waals surface area contributed by atoms with Gasteiger partial charge in [-0.05, 0) is 37.8 Å². The van der Waals surface area contributed by atoms with Crippen molar-refractivity contribution in [1.29, 1.82) is 0 Å². The molecule has 0 radical (unpaired) electrons. The molecule has 3 rings (SSSR count). The summed E-state index contributed by atoms with van der Waals surface area (Å²) in [6, 6.07) is 6.33. The number of rotatable bonds is 7. The summed E-state index contributed by atoms with van der Waals surface area (Å²) in [6.07, 6.45) is 5.01. The molecule has 0 amide bonds. The predicted octanol–water partition coefficient (Wildman–Crippen LogP) is 4.14. The number of ether oxygens (including phenoxy) is 2. The Morgan fingerprint density at radius 3 is 2.75 bits per heavy atom. The normalized spacial score (nSPS) is 15.0. The Balaban J connectivity index is 1.70. The van der Waals surface area contributed by atoms with E-state index in [1.54, 1.807) is 7.11 Å². The van der Waals surface area contributed by atoms with Gasteiger partial charge in [0, 0.05) is 24.1 Å². The van der Waals surface area contributed by atoms with E-state index in [9.17, 15) is 0 Å². The number of anilines is 1. The summed E-state index contributed by atoms with van der Waals surface area (Å²) < 4.78 is 16.7. The molecule has 2 aromatic rings. The van der Waals surface area contributed by atoms with Crippen LogP contribution in [0.4, 0.5) is 6.01 Å². The Labute approximate surface area is 142 Å². The van der Waals surface area contributed by atoms with E-state index in [0.29, 0.717) is 24.5 Å². The molecule has 1 aliphatic carbocycles. The van der Waals surface area contributed by atoms with Gasteiger partial charge in [-0.1, -0.05) is 19.0 Å². The monoisotopic (exact) mass is 331 g/mol. The van der Waals surface area contributed by atoms with Crippen LogP contribution in [0.25, 0.3) is 0 Å². The van der Waals surface area contributed by atoms with Gasteiger partial charge in [0.25, 0.3) is 0 Å². The molecule has 0 atom stereocenters. The van der Waals surface area contributed by atoms with Crippen molar-refractivity contribution in [3.8, 4) is 11.5 Å². The van der Waals surface area contributed by atoms with Crippen molar-refractivity contribution in [3.63, 3.8) is 0 Å². The minimum absolute atomic E-state index is 0.242. The Morgan fingerprint density at radius 2 is 2.08 bits per heavy atom. The largest absolute Gasteiger partial charge is 0.497 e. The number of hydrogen-bond donors (Lipinski definition) is 1. The standard InChI is InChI=1S/C18H25N3O3/c1-12(2)17-20-18(24-21-17)19-11-13-8-9-15(22-3)10-16(13)23-14-6-4-5-7-14/h8-10,12,14H,4-7,11H2,1-3H3,(H,19,20,21). The van der Waals surface area contributed by atoms with E-state index in [4.69, 9.17) is 14.0 Å². The van der Waals surface area contributed by atoms with Gasteiger partial charge in [-0.25, -0.2) is 0 Å². The minimum atomic E-state index is 0.242. The SMILES string of the molecule is COc1ccc(CNc2nc(C(C)C)no2)c(OC2CCCC2)c1. The van der Waals surface area contributed by atoms with Crippen molar-refractivity contribution in [2.75, 3.05) is 12.4 Å². The summed E-state index contributed by atoms with van der Waals surface area (Å²) in [6.45, 7) is 4.63. The van der Waals surface area contributed by atoms with Crippen molar-refractivity contribution < 1.29 is 14.0 Å². The van der Waals surface area contributed by atoms with Gasteiger partial charge >= 0.3 is 6.01 Å². The topological polar surface area (TPSA) is 69.4 Å². The van der Waals surface area contributed by atoms with Crippen LogP contribution in [-0.4, -0.2) is 23.4 Å². The molecule has 1 aliphatic rings. The molecule has 1 fully saturated rings. The summed E-state index contributed by atoms with van der Waals surface area (Å²) in [5.41, 5.74) is 1.05. The number of benzene rings is 1. The molecular weight excluding hydrogens is 306 g/mol. The van der Waals surface area contributed by atoms with E-state index >= 15 is 0 Å². The van der Waals surface area contributed by atoms with Crippen LogP contribution < -0.4 is 14.8 Å². The fourth-order valence-corrected chi connectivity index (χ4v) is 2.82. The van der Waals surface area contributed by atoms with Crippen LogP contribution in [0.5, 0.6) is 11.5 Å². The molecule has 0 aliphatic heterocycles. The maximum absolute atomic E-state index is 6.19. The Kier molecular flexibility index (Phi) is 5.23. The first-order chi connectivity index (χ1) is 11.7. The second kappa shape index (κ2) is 7.55. The number of hydrogen-bond acceptors (Lipinski definition) is 6. The molecule has 6 heteroatoms.